The van der Waals surface area contributed by atoms with E-state index >= 15 is 0 Å². The van der Waals surface area contributed by atoms with Gasteiger partial charge in [0.25, 0.3) is 0 Å². The zero-order chi connectivity index (χ0) is 13.8. The Balaban J connectivity index is 1.79. The molecule has 1 aliphatic carbocycles. The van der Waals surface area contributed by atoms with Crippen LogP contribution in [0, 0.1) is 12.8 Å². The lowest BCUT2D eigenvalue weighted by Gasteiger charge is -2.17. The van der Waals surface area contributed by atoms with E-state index < -0.39 is 11.9 Å². The maximum Gasteiger partial charge on any atom is 0.308 e. The second-order valence-electron chi connectivity index (χ2n) is 4.98. The highest BCUT2D eigenvalue weighted by Gasteiger charge is 2.33. The summed E-state index contributed by atoms with van der Waals surface area (Å²) >= 11 is 0. The molecular formula is C13H18N2O4. The van der Waals surface area contributed by atoms with Crippen LogP contribution in [0.3, 0.4) is 0 Å². The topological polar surface area (TPSA) is 92.4 Å². The lowest BCUT2D eigenvalue weighted by atomic mass is 10.0. The average Bonchev–Trinajstić information content (AvgIpc) is 2.95. The number of aromatic nitrogens is 1. The molecule has 19 heavy (non-hydrogen) atoms. The second-order valence-corrected chi connectivity index (χ2v) is 4.98. The van der Waals surface area contributed by atoms with Gasteiger partial charge in [-0.2, -0.15) is 0 Å². The summed E-state index contributed by atoms with van der Waals surface area (Å²) in [7, 11) is 0. The highest BCUT2D eigenvalue weighted by Crippen LogP contribution is 2.25. The van der Waals surface area contributed by atoms with Crippen molar-refractivity contribution in [1.29, 1.82) is 0 Å². The molecule has 1 amide bonds. The van der Waals surface area contributed by atoms with Crippen LogP contribution in [0.25, 0.3) is 0 Å². The van der Waals surface area contributed by atoms with Gasteiger partial charge in [-0.25, -0.2) is 0 Å². The predicted octanol–water partition coefficient (Wildman–Crippen LogP) is 1.29. The summed E-state index contributed by atoms with van der Waals surface area (Å²) in [5.41, 5.74) is 0.789. The minimum absolute atomic E-state index is 0.132. The maximum absolute atomic E-state index is 11.8. The Morgan fingerprint density at radius 1 is 1.53 bits per heavy atom. The number of nitrogens with zero attached hydrogens (tertiary/aromatic N) is 1. The molecule has 0 aliphatic heterocycles. The molecule has 6 nitrogen and oxygen atoms in total. The third-order valence-corrected chi connectivity index (χ3v) is 3.45. The largest absolute Gasteiger partial charge is 0.481 e. The second kappa shape index (κ2) is 5.86. The van der Waals surface area contributed by atoms with Crippen molar-refractivity contribution in [3.63, 3.8) is 0 Å². The van der Waals surface area contributed by atoms with Crippen LogP contribution < -0.4 is 5.32 Å². The summed E-state index contributed by atoms with van der Waals surface area (Å²) in [6, 6.07) is 1.56. The number of carboxylic acid groups (broad SMARTS) is 1. The molecule has 1 aromatic rings. The summed E-state index contributed by atoms with van der Waals surface area (Å²) in [5, 5.41) is 15.6. The Labute approximate surface area is 111 Å². The molecule has 0 aromatic carbocycles. The molecule has 0 saturated heterocycles. The van der Waals surface area contributed by atoms with E-state index in [9.17, 15) is 9.59 Å². The fraction of sp³-hybridized carbons (Fsp3) is 0.615. The van der Waals surface area contributed by atoms with Gasteiger partial charge >= 0.3 is 5.97 Å². The minimum atomic E-state index is -0.825. The molecule has 104 valence electrons. The molecule has 1 aromatic heterocycles. The van der Waals surface area contributed by atoms with Crippen molar-refractivity contribution in [3.8, 4) is 0 Å². The fourth-order valence-electron chi connectivity index (χ4n) is 2.48. The van der Waals surface area contributed by atoms with E-state index in [0.717, 1.165) is 18.5 Å². The van der Waals surface area contributed by atoms with Gasteiger partial charge in [-0.05, 0) is 19.8 Å². The Bertz CT molecular complexity index is 469. The third kappa shape index (κ3) is 3.56. The van der Waals surface area contributed by atoms with Gasteiger partial charge in [0, 0.05) is 24.9 Å². The number of carbonyl (C=O) groups excluding carboxylic acids is 1. The first kappa shape index (κ1) is 13.6. The average molecular weight is 266 g/mol. The number of carbonyl (C=O) groups is 2. The van der Waals surface area contributed by atoms with Crippen molar-refractivity contribution in [3.05, 3.63) is 17.5 Å². The highest BCUT2D eigenvalue weighted by atomic mass is 16.5. The first-order valence-corrected chi connectivity index (χ1v) is 6.50. The number of carboxylic acids is 1. The Morgan fingerprint density at radius 2 is 2.32 bits per heavy atom. The van der Waals surface area contributed by atoms with E-state index in [-0.39, 0.29) is 18.4 Å². The van der Waals surface area contributed by atoms with Crippen molar-refractivity contribution in [1.82, 2.24) is 10.5 Å². The van der Waals surface area contributed by atoms with Gasteiger partial charge in [0.05, 0.1) is 11.6 Å². The first-order valence-electron chi connectivity index (χ1n) is 6.50. The Kier molecular flexibility index (Phi) is 4.19. The Morgan fingerprint density at radius 3 is 2.95 bits per heavy atom. The summed E-state index contributed by atoms with van der Waals surface area (Å²) < 4.78 is 5.02. The number of hydrogen-bond acceptors (Lipinski definition) is 4. The van der Waals surface area contributed by atoms with Crippen molar-refractivity contribution in [2.45, 2.75) is 45.1 Å². The van der Waals surface area contributed by atoms with Crippen molar-refractivity contribution in [2.24, 2.45) is 5.92 Å². The molecular weight excluding hydrogens is 248 g/mol. The Hall–Kier alpha value is -1.85. The molecule has 0 bridgehead atoms. The number of hydrogen-bond donors (Lipinski definition) is 2. The van der Waals surface area contributed by atoms with Crippen LogP contribution in [0.1, 0.15) is 37.1 Å². The van der Waals surface area contributed by atoms with Crippen LogP contribution in [-0.2, 0) is 16.0 Å². The zero-order valence-electron chi connectivity index (χ0n) is 10.9. The van der Waals surface area contributed by atoms with Gasteiger partial charge in [-0.3, -0.25) is 9.59 Å². The number of aryl methyl sites for hydroxylation is 2. The van der Waals surface area contributed by atoms with E-state index in [1.165, 1.54) is 0 Å². The fourth-order valence-corrected chi connectivity index (χ4v) is 2.48. The van der Waals surface area contributed by atoms with Crippen LogP contribution >= 0.6 is 0 Å². The van der Waals surface area contributed by atoms with Crippen molar-refractivity contribution >= 4 is 11.9 Å². The maximum atomic E-state index is 11.8. The molecule has 0 spiro atoms. The molecule has 2 N–H and O–H groups in total. The van der Waals surface area contributed by atoms with Crippen LogP contribution in [0.4, 0.5) is 0 Å². The monoisotopic (exact) mass is 266 g/mol. The standard InChI is InChI=1S/C13H18N2O4/c1-8-7-9(19-15-8)5-6-12(16)14-11-4-2-3-10(11)13(17)18/h7,10-11H,2-6H2,1H3,(H,14,16)(H,17,18)/t10-,11+/m0/s1. The number of amides is 1. The smallest absolute Gasteiger partial charge is 0.308 e. The quantitative estimate of drug-likeness (QED) is 0.837. The number of nitrogens with one attached hydrogen (secondary N) is 1. The van der Waals surface area contributed by atoms with Crippen LogP contribution in [-0.4, -0.2) is 28.2 Å². The van der Waals surface area contributed by atoms with Crippen LogP contribution in [0.15, 0.2) is 10.6 Å². The summed E-state index contributed by atoms with van der Waals surface area (Å²) in [6.45, 7) is 1.82. The molecule has 0 radical (unpaired) electrons. The summed E-state index contributed by atoms with van der Waals surface area (Å²) in [4.78, 5) is 22.8. The van der Waals surface area contributed by atoms with Crippen molar-refractivity contribution < 1.29 is 19.2 Å². The van der Waals surface area contributed by atoms with Crippen LogP contribution in [0.5, 0.6) is 0 Å². The third-order valence-electron chi connectivity index (χ3n) is 3.45. The lowest BCUT2D eigenvalue weighted by molar-refractivity contribution is -0.142. The van der Waals surface area contributed by atoms with Crippen molar-refractivity contribution in [2.75, 3.05) is 0 Å². The van der Waals surface area contributed by atoms with Gasteiger partial charge in [0.15, 0.2) is 0 Å². The zero-order valence-corrected chi connectivity index (χ0v) is 10.9. The van der Waals surface area contributed by atoms with E-state index in [0.29, 0.717) is 18.6 Å². The molecule has 6 heteroatoms. The lowest BCUT2D eigenvalue weighted by Crippen LogP contribution is -2.40. The molecule has 1 aliphatic rings. The SMILES string of the molecule is Cc1cc(CCC(=O)N[C@@H]2CCC[C@@H]2C(=O)O)on1. The van der Waals surface area contributed by atoms with E-state index in [4.69, 9.17) is 9.63 Å². The molecule has 1 heterocycles. The number of rotatable bonds is 5. The summed E-state index contributed by atoms with van der Waals surface area (Å²) in [6.07, 6.45) is 3.00. The highest BCUT2D eigenvalue weighted by molar-refractivity contribution is 5.78. The van der Waals surface area contributed by atoms with Gasteiger partial charge < -0.3 is 14.9 Å². The van der Waals surface area contributed by atoms with E-state index in [1.807, 2.05) is 6.92 Å². The number of aliphatic carboxylic acids is 1. The molecule has 0 unspecified atom stereocenters. The van der Waals surface area contributed by atoms with E-state index in [1.54, 1.807) is 6.07 Å². The molecule has 1 saturated carbocycles. The molecule has 1 fully saturated rings. The van der Waals surface area contributed by atoms with E-state index in [2.05, 4.69) is 10.5 Å². The van der Waals surface area contributed by atoms with Crippen LogP contribution in [0.2, 0.25) is 0 Å². The van der Waals surface area contributed by atoms with Gasteiger partial charge in [0.1, 0.15) is 5.76 Å². The van der Waals surface area contributed by atoms with Gasteiger partial charge in [-0.1, -0.05) is 11.6 Å². The van der Waals surface area contributed by atoms with Gasteiger partial charge in [-0.15, -0.1) is 0 Å². The summed E-state index contributed by atoms with van der Waals surface area (Å²) in [5.74, 6) is -0.730. The minimum Gasteiger partial charge on any atom is -0.481 e. The predicted molar refractivity (Wildman–Crippen MR) is 66.5 cm³/mol. The first-order chi connectivity index (χ1) is 9.06. The molecule has 2 rings (SSSR count). The molecule has 2 atom stereocenters. The van der Waals surface area contributed by atoms with Gasteiger partial charge in [0.2, 0.25) is 5.91 Å². The normalized spacial score (nSPS) is 22.4.